The minimum atomic E-state index is -1.01. The minimum absolute atomic E-state index is 0.0147. The fourth-order valence-corrected chi connectivity index (χ4v) is 3.91. The lowest BCUT2D eigenvalue weighted by molar-refractivity contribution is 0.0932. The van der Waals surface area contributed by atoms with Crippen molar-refractivity contribution in [1.82, 2.24) is 10.6 Å². The van der Waals surface area contributed by atoms with E-state index in [1.54, 1.807) is 0 Å². The van der Waals surface area contributed by atoms with Crippen LogP contribution in [0.25, 0.3) is 10.4 Å². The molecule has 9 heteroatoms. The van der Waals surface area contributed by atoms with Crippen LogP contribution in [0.5, 0.6) is 0 Å². The van der Waals surface area contributed by atoms with E-state index < -0.39 is 23.6 Å². The first-order valence-corrected chi connectivity index (χ1v) is 8.93. The lowest BCUT2D eigenvalue weighted by Crippen LogP contribution is -2.45. The molecule has 0 radical (unpaired) electrons. The Bertz CT molecular complexity index is 834. The van der Waals surface area contributed by atoms with Gasteiger partial charge in [-0.05, 0) is 31.5 Å². The van der Waals surface area contributed by atoms with Crippen LogP contribution < -0.4 is 21.7 Å². The number of anilines is 1. The van der Waals surface area contributed by atoms with Crippen molar-refractivity contribution in [3.05, 3.63) is 41.5 Å². The van der Waals surface area contributed by atoms with Crippen LogP contribution >= 0.6 is 11.3 Å². The van der Waals surface area contributed by atoms with Crippen molar-refractivity contribution in [2.75, 3.05) is 18.4 Å². The summed E-state index contributed by atoms with van der Waals surface area (Å²) in [4.78, 5) is 24.2. The average Bonchev–Trinajstić information content (AvgIpc) is 3.01. The standard InChI is InChI=1S/C17H18F2N4O2S/c18-12-5-1-4-10(14(12)19)13-7-11(16(26-13)23-17(20)25)15(24)22-9-3-2-6-21-8-9/h1,4-5,7,9,21H,2-3,6,8H2,(H,22,24)(H3,20,23,25)/t9-/m0/s1. The highest BCUT2D eigenvalue weighted by atomic mass is 32.1. The van der Waals surface area contributed by atoms with E-state index in [9.17, 15) is 18.4 Å². The fraction of sp³-hybridized carbons (Fsp3) is 0.294. The number of amides is 3. The summed E-state index contributed by atoms with van der Waals surface area (Å²) >= 11 is 0.959. The first kappa shape index (κ1) is 18.3. The van der Waals surface area contributed by atoms with Gasteiger partial charge in [0.05, 0.1) is 5.56 Å². The first-order chi connectivity index (χ1) is 12.5. The van der Waals surface area contributed by atoms with Crippen molar-refractivity contribution < 1.29 is 18.4 Å². The van der Waals surface area contributed by atoms with Gasteiger partial charge in [0, 0.05) is 23.0 Å². The molecule has 1 fully saturated rings. The van der Waals surface area contributed by atoms with Gasteiger partial charge in [0.15, 0.2) is 11.6 Å². The van der Waals surface area contributed by atoms with E-state index in [0.717, 1.165) is 36.8 Å². The van der Waals surface area contributed by atoms with Crippen LogP contribution in [0.1, 0.15) is 23.2 Å². The van der Waals surface area contributed by atoms with E-state index in [4.69, 9.17) is 5.73 Å². The Balaban J connectivity index is 1.92. The number of rotatable bonds is 4. The number of urea groups is 1. The van der Waals surface area contributed by atoms with Gasteiger partial charge in [0.2, 0.25) is 0 Å². The number of hydrogen-bond donors (Lipinski definition) is 4. The van der Waals surface area contributed by atoms with Crippen molar-refractivity contribution in [2.24, 2.45) is 5.73 Å². The summed E-state index contributed by atoms with van der Waals surface area (Å²) in [6.45, 7) is 1.56. The molecule has 5 N–H and O–H groups in total. The molecule has 3 amide bonds. The molecule has 2 heterocycles. The number of primary amides is 1. The zero-order chi connectivity index (χ0) is 18.7. The summed E-state index contributed by atoms with van der Waals surface area (Å²) < 4.78 is 27.6. The number of hydrogen-bond acceptors (Lipinski definition) is 4. The molecule has 138 valence electrons. The predicted octanol–water partition coefficient (Wildman–Crippen LogP) is 2.67. The van der Waals surface area contributed by atoms with Crippen molar-refractivity contribution in [1.29, 1.82) is 0 Å². The summed E-state index contributed by atoms with van der Waals surface area (Å²) in [5.41, 5.74) is 5.34. The zero-order valence-electron chi connectivity index (χ0n) is 13.8. The third-order valence-electron chi connectivity index (χ3n) is 4.06. The first-order valence-electron chi connectivity index (χ1n) is 8.12. The highest BCUT2D eigenvalue weighted by molar-refractivity contribution is 7.20. The number of thiophene rings is 1. The maximum atomic E-state index is 14.1. The molecule has 1 aliphatic rings. The molecule has 1 aromatic carbocycles. The minimum Gasteiger partial charge on any atom is -0.351 e. The number of carbonyl (C=O) groups is 2. The van der Waals surface area contributed by atoms with E-state index >= 15 is 0 Å². The molecule has 6 nitrogen and oxygen atoms in total. The Labute approximate surface area is 152 Å². The molecule has 3 rings (SSSR count). The maximum Gasteiger partial charge on any atom is 0.317 e. The Kier molecular flexibility index (Phi) is 5.48. The zero-order valence-corrected chi connectivity index (χ0v) is 14.6. The average molecular weight is 380 g/mol. The van der Waals surface area contributed by atoms with Crippen LogP contribution in [0, 0.1) is 11.6 Å². The Hall–Kier alpha value is -2.52. The molecule has 0 bridgehead atoms. The third kappa shape index (κ3) is 4.00. The molecule has 0 unspecified atom stereocenters. The molecular weight excluding hydrogens is 362 g/mol. The molecule has 1 aromatic heterocycles. The molecule has 0 saturated carbocycles. The fourth-order valence-electron chi connectivity index (χ4n) is 2.83. The Morgan fingerprint density at radius 3 is 2.81 bits per heavy atom. The van der Waals surface area contributed by atoms with E-state index in [2.05, 4.69) is 16.0 Å². The van der Waals surface area contributed by atoms with Crippen LogP contribution in [0.15, 0.2) is 24.3 Å². The van der Waals surface area contributed by atoms with Gasteiger partial charge in [0.25, 0.3) is 5.91 Å². The lowest BCUT2D eigenvalue weighted by Gasteiger charge is -2.23. The molecule has 1 atom stereocenters. The lowest BCUT2D eigenvalue weighted by atomic mass is 10.1. The van der Waals surface area contributed by atoms with Crippen molar-refractivity contribution in [3.8, 4) is 10.4 Å². The van der Waals surface area contributed by atoms with Gasteiger partial charge in [-0.25, -0.2) is 13.6 Å². The topological polar surface area (TPSA) is 96.2 Å². The van der Waals surface area contributed by atoms with E-state index in [-0.39, 0.29) is 22.2 Å². The molecule has 26 heavy (non-hydrogen) atoms. The predicted molar refractivity (Wildman–Crippen MR) is 96.2 cm³/mol. The van der Waals surface area contributed by atoms with Gasteiger partial charge in [0.1, 0.15) is 5.00 Å². The second-order valence-electron chi connectivity index (χ2n) is 5.96. The quantitative estimate of drug-likeness (QED) is 0.657. The van der Waals surface area contributed by atoms with E-state index in [1.807, 2.05) is 0 Å². The van der Waals surface area contributed by atoms with Crippen LogP contribution in [-0.2, 0) is 0 Å². The smallest absolute Gasteiger partial charge is 0.317 e. The largest absolute Gasteiger partial charge is 0.351 e. The summed E-state index contributed by atoms with van der Waals surface area (Å²) in [6, 6.07) is 4.35. The molecule has 2 aromatic rings. The highest BCUT2D eigenvalue weighted by Gasteiger charge is 2.23. The molecule has 1 saturated heterocycles. The third-order valence-corrected chi connectivity index (χ3v) is 5.15. The molecule has 0 spiro atoms. The maximum absolute atomic E-state index is 14.1. The van der Waals surface area contributed by atoms with Gasteiger partial charge in [-0.15, -0.1) is 11.3 Å². The van der Waals surface area contributed by atoms with Crippen LogP contribution in [-0.4, -0.2) is 31.1 Å². The second kappa shape index (κ2) is 7.79. The van der Waals surface area contributed by atoms with Crippen LogP contribution in [0.4, 0.5) is 18.6 Å². The Morgan fingerprint density at radius 1 is 1.31 bits per heavy atom. The van der Waals surface area contributed by atoms with Gasteiger partial charge in [-0.2, -0.15) is 0 Å². The van der Waals surface area contributed by atoms with Crippen molar-refractivity contribution >= 4 is 28.3 Å². The molecule has 1 aliphatic heterocycles. The number of piperidine rings is 1. The number of benzene rings is 1. The molecule has 0 aliphatic carbocycles. The summed E-state index contributed by atoms with van der Waals surface area (Å²) in [6.07, 6.45) is 1.79. The van der Waals surface area contributed by atoms with Crippen molar-refractivity contribution in [3.63, 3.8) is 0 Å². The number of halogens is 2. The van der Waals surface area contributed by atoms with E-state index in [1.165, 1.54) is 18.2 Å². The monoisotopic (exact) mass is 380 g/mol. The Morgan fingerprint density at radius 2 is 2.12 bits per heavy atom. The SMILES string of the molecule is NC(=O)Nc1sc(-c2cccc(F)c2F)cc1C(=O)N[C@H]1CCCNC1. The van der Waals surface area contributed by atoms with Gasteiger partial charge in [-0.1, -0.05) is 12.1 Å². The highest BCUT2D eigenvalue weighted by Crippen LogP contribution is 2.37. The summed E-state index contributed by atoms with van der Waals surface area (Å²) in [7, 11) is 0. The molecular formula is C17H18F2N4O2S. The number of nitrogens with one attached hydrogen (secondary N) is 3. The van der Waals surface area contributed by atoms with Crippen molar-refractivity contribution in [2.45, 2.75) is 18.9 Å². The van der Waals surface area contributed by atoms with Crippen LogP contribution in [0.2, 0.25) is 0 Å². The number of carbonyl (C=O) groups excluding carboxylic acids is 2. The summed E-state index contributed by atoms with van der Waals surface area (Å²) in [5, 5.41) is 8.65. The number of nitrogens with two attached hydrogens (primary N) is 1. The summed E-state index contributed by atoms with van der Waals surface area (Å²) in [5.74, 6) is -2.40. The van der Waals surface area contributed by atoms with Crippen LogP contribution in [0.3, 0.4) is 0 Å². The normalized spacial score (nSPS) is 16.9. The second-order valence-corrected chi connectivity index (χ2v) is 7.01. The van der Waals surface area contributed by atoms with Gasteiger partial charge in [-0.3, -0.25) is 10.1 Å². The van der Waals surface area contributed by atoms with Gasteiger partial charge >= 0.3 is 6.03 Å². The van der Waals surface area contributed by atoms with E-state index in [0.29, 0.717) is 11.4 Å². The van der Waals surface area contributed by atoms with Gasteiger partial charge < -0.3 is 16.4 Å².